The zero-order chi connectivity index (χ0) is 13.8. The summed E-state index contributed by atoms with van der Waals surface area (Å²) in [5, 5.41) is 0. The van der Waals surface area contributed by atoms with Gasteiger partial charge in [0.1, 0.15) is 0 Å². The van der Waals surface area contributed by atoms with Gasteiger partial charge in [-0.15, -0.1) is 6.58 Å². The fourth-order valence-corrected chi connectivity index (χ4v) is 3.19. The lowest BCUT2D eigenvalue weighted by atomic mass is 9.60. The van der Waals surface area contributed by atoms with Crippen LogP contribution in [0, 0.1) is 17.3 Å². The summed E-state index contributed by atoms with van der Waals surface area (Å²) in [5.41, 5.74) is 2.89. The second-order valence-electron chi connectivity index (χ2n) is 5.52. The van der Waals surface area contributed by atoms with Crippen LogP contribution >= 0.6 is 0 Å². The Hall–Kier alpha value is -1.30. The standard InChI is InChI=1S/C18H26/c1-7-11-15-13-14(9-3)17(12-8-2)18(5,6)16(15)10-4/h7-12,14,17H,3-4,13H2,1-2,5-6H3/b11-7-,12-8-. The van der Waals surface area contributed by atoms with E-state index in [2.05, 4.69) is 71.2 Å². The minimum Gasteiger partial charge on any atom is -0.103 e. The highest BCUT2D eigenvalue weighted by atomic mass is 14.4. The number of hydrogen-bond donors (Lipinski definition) is 0. The van der Waals surface area contributed by atoms with Gasteiger partial charge in [-0.1, -0.05) is 56.9 Å². The van der Waals surface area contributed by atoms with Gasteiger partial charge < -0.3 is 0 Å². The van der Waals surface area contributed by atoms with Crippen molar-refractivity contribution in [3.63, 3.8) is 0 Å². The summed E-state index contributed by atoms with van der Waals surface area (Å²) in [4.78, 5) is 0. The van der Waals surface area contributed by atoms with Gasteiger partial charge in [0.2, 0.25) is 0 Å². The summed E-state index contributed by atoms with van der Waals surface area (Å²) in [6.45, 7) is 16.8. The van der Waals surface area contributed by atoms with Crippen molar-refractivity contribution in [1.29, 1.82) is 0 Å². The fourth-order valence-electron chi connectivity index (χ4n) is 3.19. The molecule has 0 heteroatoms. The first-order valence-corrected chi connectivity index (χ1v) is 6.77. The molecule has 0 aromatic rings. The molecule has 0 aliphatic heterocycles. The molecule has 2 unspecified atom stereocenters. The van der Waals surface area contributed by atoms with Crippen LogP contribution in [0.4, 0.5) is 0 Å². The summed E-state index contributed by atoms with van der Waals surface area (Å²) in [6, 6.07) is 0. The van der Waals surface area contributed by atoms with E-state index < -0.39 is 0 Å². The maximum Gasteiger partial charge on any atom is -0.00326 e. The Labute approximate surface area is 112 Å². The van der Waals surface area contributed by atoms with Gasteiger partial charge >= 0.3 is 0 Å². The summed E-state index contributed by atoms with van der Waals surface area (Å²) in [5.74, 6) is 1.01. The first-order valence-electron chi connectivity index (χ1n) is 6.77. The topological polar surface area (TPSA) is 0 Å². The smallest absolute Gasteiger partial charge is 0.00326 e. The Morgan fingerprint density at radius 1 is 1.17 bits per heavy atom. The molecule has 0 saturated heterocycles. The van der Waals surface area contributed by atoms with E-state index >= 15 is 0 Å². The van der Waals surface area contributed by atoms with Crippen molar-refractivity contribution < 1.29 is 0 Å². The van der Waals surface area contributed by atoms with E-state index in [0.29, 0.717) is 11.8 Å². The minimum absolute atomic E-state index is 0.111. The van der Waals surface area contributed by atoms with Gasteiger partial charge in [0.15, 0.2) is 0 Å². The molecule has 0 fully saturated rings. The molecule has 0 aromatic heterocycles. The van der Waals surface area contributed by atoms with Gasteiger partial charge in [0, 0.05) is 0 Å². The normalized spacial score (nSPS) is 28.0. The molecule has 0 heterocycles. The van der Waals surface area contributed by atoms with E-state index in [4.69, 9.17) is 0 Å². The number of hydrogen-bond acceptors (Lipinski definition) is 0. The van der Waals surface area contributed by atoms with Crippen LogP contribution in [-0.2, 0) is 0 Å². The van der Waals surface area contributed by atoms with Crippen LogP contribution < -0.4 is 0 Å². The van der Waals surface area contributed by atoms with Crippen LogP contribution in [0.15, 0.2) is 60.8 Å². The number of allylic oxidation sites excluding steroid dienone is 8. The van der Waals surface area contributed by atoms with Crippen LogP contribution in [0.3, 0.4) is 0 Å². The molecule has 1 rings (SSSR count). The zero-order valence-corrected chi connectivity index (χ0v) is 12.2. The highest BCUT2D eigenvalue weighted by molar-refractivity contribution is 5.41. The summed E-state index contributed by atoms with van der Waals surface area (Å²) in [7, 11) is 0. The molecule has 0 aromatic carbocycles. The van der Waals surface area contributed by atoms with Crippen molar-refractivity contribution in [3.05, 3.63) is 60.8 Å². The van der Waals surface area contributed by atoms with Crippen molar-refractivity contribution >= 4 is 0 Å². The van der Waals surface area contributed by atoms with Gasteiger partial charge in [0.05, 0.1) is 0 Å². The summed E-state index contributed by atoms with van der Waals surface area (Å²) >= 11 is 0. The molecule has 0 N–H and O–H groups in total. The van der Waals surface area contributed by atoms with Gasteiger partial charge in [0.25, 0.3) is 0 Å². The van der Waals surface area contributed by atoms with Crippen molar-refractivity contribution in [1.82, 2.24) is 0 Å². The Bertz CT molecular complexity index is 402. The molecular weight excluding hydrogens is 216 g/mol. The molecule has 0 nitrogen and oxygen atoms in total. The average Bonchev–Trinajstić information content (AvgIpc) is 2.32. The van der Waals surface area contributed by atoms with Gasteiger partial charge in [-0.05, 0) is 48.7 Å². The van der Waals surface area contributed by atoms with Crippen LogP contribution in [0.1, 0.15) is 34.1 Å². The van der Waals surface area contributed by atoms with E-state index in [9.17, 15) is 0 Å². The van der Waals surface area contributed by atoms with Gasteiger partial charge in [-0.3, -0.25) is 0 Å². The van der Waals surface area contributed by atoms with Crippen LogP contribution in [-0.4, -0.2) is 0 Å². The molecule has 98 valence electrons. The van der Waals surface area contributed by atoms with Gasteiger partial charge in [-0.2, -0.15) is 0 Å². The Kier molecular flexibility index (Phi) is 4.95. The lowest BCUT2D eigenvalue weighted by Gasteiger charge is -2.43. The van der Waals surface area contributed by atoms with Crippen molar-refractivity contribution in [2.45, 2.75) is 34.1 Å². The summed E-state index contributed by atoms with van der Waals surface area (Å²) < 4.78 is 0. The maximum absolute atomic E-state index is 4.02. The Morgan fingerprint density at radius 3 is 2.28 bits per heavy atom. The van der Waals surface area contributed by atoms with Crippen molar-refractivity contribution in [2.75, 3.05) is 0 Å². The van der Waals surface area contributed by atoms with E-state index in [-0.39, 0.29) is 5.41 Å². The Morgan fingerprint density at radius 2 is 1.83 bits per heavy atom. The molecule has 0 saturated carbocycles. The third kappa shape index (κ3) is 2.58. The molecule has 0 bridgehead atoms. The minimum atomic E-state index is 0.111. The molecule has 0 radical (unpaired) electrons. The van der Waals surface area contributed by atoms with Crippen LogP contribution in [0.25, 0.3) is 0 Å². The predicted molar refractivity (Wildman–Crippen MR) is 82.4 cm³/mol. The number of rotatable bonds is 4. The first kappa shape index (κ1) is 14.8. The third-order valence-corrected chi connectivity index (χ3v) is 4.06. The van der Waals surface area contributed by atoms with E-state index in [1.165, 1.54) is 11.1 Å². The zero-order valence-electron chi connectivity index (χ0n) is 12.2. The second kappa shape index (κ2) is 6.04. The molecular formula is C18H26. The maximum atomic E-state index is 4.02. The molecule has 1 aliphatic rings. The average molecular weight is 242 g/mol. The van der Waals surface area contributed by atoms with E-state index in [1.807, 2.05) is 6.08 Å². The van der Waals surface area contributed by atoms with E-state index in [0.717, 1.165) is 6.42 Å². The van der Waals surface area contributed by atoms with Crippen LogP contribution in [0.5, 0.6) is 0 Å². The molecule has 0 spiro atoms. The first-order chi connectivity index (χ1) is 8.52. The second-order valence-corrected chi connectivity index (χ2v) is 5.52. The fraction of sp³-hybridized carbons (Fsp3) is 0.444. The van der Waals surface area contributed by atoms with Crippen molar-refractivity contribution in [2.24, 2.45) is 17.3 Å². The molecule has 0 amide bonds. The summed E-state index contributed by atoms with van der Waals surface area (Å²) in [6.07, 6.45) is 14.0. The SMILES string of the molecule is C=CC1=C(/C=C\C)CC(C=C)C(/C=C\C)C1(C)C. The molecule has 2 atom stereocenters. The monoisotopic (exact) mass is 242 g/mol. The highest BCUT2D eigenvalue weighted by Crippen LogP contribution is 2.49. The quantitative estimate of drug-likeness (QED) is 0.573. The third-order valence-electron chi connectivity index (χ3n) is 4.06. The van der Waals surface area contributed by atoms with E-state index in [1.54, 1.807) is 0 Å². The Balaban J connectivity index is 3.38. The van der Waals surface area contributed by atoms with Crippen molar-refractivity contribution in [3.8, 4) is 0 Å². The lowest BCUT2D eigenvalue weighted by molar-refractivity contribution is 0.241. The largest absolute Gasteiger partial charge is 0.103 e. The predicted octanol–water partition coefficient (Wildman–Crippen LogP) is 5.47. The van der Waals surface area contributed by atoms with Gasteiger partial charge in [-0.25, -0.2) is 0 Å². The lowest BCUT2D eigenvalue weighted by Crippen LogP contribution is -2.34. The highest BCUT2D eigenvalue weighted by Gasteiger charge is 2.39. The van der Waals surface area contributed by atoms with Crippen LogP contribution in [0.2, 0.25) is 0 Å². The molecule has 18 heavy (non-hydrogen) atoms. The molecule has 1 aliphatic carbocycles.